The molecular weight excluding hydrogens is 210 g/mol. The van der Waals surface area contributed by atoms with Gasteiger partial charge in [-0.2, -0.15) is 0 Å². The molecule has 17 heavy (non-hydrogen) atoms. The van der Waals surface area contributed by atoms with Crippen molar-refractivity contribution in [2.75, 3.05) is 21.1 Å². The van der Waals surface area contributed by atoms with Gasteiger partial charge in [0.05, 0.1) is 33.3 Å². The monoisotopic (exact) mass is 234 g/mol. The van der Waals surface area contributed by atoms with Crippen LogP contribution < -0.4 is 4.74 Å². The average Bonchev–Trinajstić information content (AvgIpc) is 2.30. The molecular formula is C15H24NO+. The first-order valence-corrected chi connectivity index (χ1v) is 6.58. The number of hydrogen-bond donors (Lipinski definition) is 0. The van der Waals surface area contributed by atoms with E-state index in [0.717, 1.165) is 16.3 Å². The zero-order chi connectivity index (χ0) is 12.3. The van der Waals surface area contributed by atoms with Crippen LogP contribution in [0.2, 0.25) is 0 Å². The lowest BCUT2D eigenvalue weighted by Gasteiger charge is -2.38. The molecule has 2 heteroatoms. The Morgan fingerprint density at radius 2 is 1.53 bits per heavy atom. The van der Waals surface area contributed by atoms with Gasteiger partial charge in [0.15, 0.2) is 0 Å². The summed E-state index contributed by atoms with van der Waals surface area (Å²) in [6.07, 6.45) is 5.35. The summed E-state index contributed by atoms with van der Waals surface area (Å²) in [5.74, 6) is 1.01. The van der Waals surface area contributed by atoms with Crippen molar-refractivity contribution in [3.8, 4) is 5.75 Å². The molecule has 0 amide bonds. The van der Waals surface area contributed by atoms with E-state index in [1.165, 1.54) is 25.7 Å². The van der Waals surface area contributed by atoms with Crippen molar-refractivity contribution in [2.45, 2.75) is 37.8 Å². The highest BCUT2D eigenvalue weighted by atomic mass is 16.5. The molecule has 94 valence electrons. The van der Waals surface area contributed by atoms with Gasteiger partial charge in [0.1, 0.15) is 5.75 Å². The SMILES string of the molecule is C[N+](C)(C)C1CCC(Oc2ccccc2)CC1. The van der Waals surface area contributed by atoms with Crippen LogP contribution in [-0.2, 0) is 0 Å². The quantitative estimate of drug-likeness (QED) is 0.730. The minimum absolute atomic E-state index is 0.417. The Labute approximate surface area is 105 Å². The molecule has 1 aliphatic rings. The summed E-state index contributed by atoms with van der Waals surface area (Å²) in [6, 6.07) is 11.0. The van der Waals surface area contributed by atoms with Gasteiger partial charge in [-0.3, -0.25) is 0 Å². The van der Waals surface area contributed by atoms with E-state index >= 15 is 0 Å². The Morgan fingerprint density at radius 3 is 2.06 bits per heavy atom. The summed E-state index contributed by atoms with van der Waals surface area (Å²) >= 11 is 0. The van der Waals surface area contributed by atoms with Crippen LogP contribution in [0.5, 0.6) is 5.75 Å². The van der Waals surface area contributed by atoms with E-state index in [-0.39, 0.29) is 0 Å². The van der Waals surface area contributed by atoms with Gasteiger partial charge < -0.3 is 9.22 Å². The highest BCUT2D eigenvalue weighted by Gasteiger charge is 2.30. The second kappa shape index (κ2) is 5.09. The molecule has 1 aromatic carbocycles. The highest BCUT2D eigenvalue weighted by Crippen LogP contribution is 2.27. The molecule has 2 rings (SSSR count). The predicted molar refractivity (Wildman–Crippen MR) is 71.1 cm³/mol. The van der Waals surface area contributed by atoms with Crippen LogP contribution in [-0.4, -0.2) is 37.8 Å². The third-order valence-electron chi connectivity index (χ3n) is 3.79. The Kier molecular flexibility index (Phi) is 3.72. The first-order chi connectivity index (χ1) is 8.05. The Hall–Kier alpha value is -1.02. The lowest BCUT2D eigenvalue weighted by Crippen LogP contribution is -2.47. The Balaban J connectivity index is 1.84. The number of benzene rings is 1. The zero-order valence-electron chi connectivity index (χ0n) is 11.2. The van der Waals surface area contributed by atoms with Gasteiger partial charge in [-0.05, 0) is 25.0 Å². The third-order valence-corrected chi connectivity index (χ3v) is 3.79. The van der Waals surface area contributed by atoms with Crippen LogP contribution in [0.15, 0.2) is 30.3 Å². The highest BCUT2D eigenvalue weighted by molar-refractivity contribution is 5.21. The molecule has 0 aliphatic heterocycles. The van der Waals surface area contributed by atoms with Gasteiger partial charge in [0.25, 0.3) is 0 Å². The molecule has 0 bridgehead atoms. The van der Waals surface area contributed by atoms with Crippen LogP contribution >= 0.6 is 0 Å². The van der Waals surface area contributed by atoms with E-state index < -0.39 is 0 Å². The third kappa shape index (κ3) is 3.47. The van der Waals surface area contributed by atoms with Gasteiger partial charge in [-0.1, -0.05) is 18.2 Å². The number of para-hydroxylation sites is 1. The molecule has 1 saturated carbocycles. The first-order valence-electron chi connectivity index (χ1n) is 6.58. The lowest BCUT2D eigenvalue weighted by atomic mass is 9.91. The minimum Gasteiger partial charge on any atom is -0.490 e. The summed E-state index contributed by atoms with van der Waals surface area (Å²) in [5.41, 5.74) is 0. The number of ether oxygens (including phenoxy) is 1. The smallest absolute Gasteiger partial charge is 0.119 e. The predicted octanol–water partition coefficient (Wildman–Crippen LogP) is 3.08. The number of hydrogen-bond acceptors (Lipinski definition) is 1. The van der Waals surface area contributed by atoms with Crippen molar-refractivity contribution in [3.63, 3.8) is 0 Å². The molecule has 2 nitrogen and oxygen atoms in total. The van der Waals surface area contributed by atoms with Crippen molar-refractivity contribution >= 4 is 0 Å². The summed E-state index contributed by atoms with van der Waals surface area (Å²) in [4.78, 5) is 0. The van der Waals surface area contributed by atoms with Crippen molar-refractivity contribution in [2.24, 2.45) is 0 Å². The van der Waals surface area contributed by atoms with Crippen LogP contribution in [0.4, 0.5) is 0 Å². The lowest BCUT2D eigenvalue weighted by molar-refractivity contribution is -0.897. The molecule has 0 N–H and O–H groups in total. The van der Waals surface area contributed by atoms with E-state index in [4.69, 9.17) is 4.74 Å². The Morgan fingerprint density at radius 1 is 0.941 bits per heavy atom. The molecule has 0 spiro atoms. The summed E-state index contributed by atoms with van der Waals surface area (Å²) in [7, 11) is 6.88. The second-order valence-corrected chi connectivity index (χ2v) is 5.98. The van der Waals surface area contributed by atoms with Crippen molar-refractivity contribution in [1.82, 2.24) is 0 Å². The summed E-state index contributed by atoms with van der Waals surface area (Å²) in [5, 5.41) is 0. The van der Waals surface area contributed by atoms with Gasteiger partial charge in [0, 0.05) is 12.8 Å². The molecule has 1 aromatic rings. The van der Waals surface area contributed by atoms with Crippen molar-refractivity contribution < 1.29 is 9.22 Å². The molecule has 0 saturated heterocycles. The van der Waals surface area contributed by atoms with E-state index in [9.17, 15) is 0 Å². The fraction of sp³-hybridized carbons (Fsp3) is 0.600. The first kappa shape index (κ1) is 12.4. The van der Waals surface area contributed by atoms with Crippen LogP contribution in [0.1, 0.15) is 25.7 Å². The standard InChI is InChI=1S/C15H24NO/c1-16(2,3)13-9-11-15(12-10-13)17-14-7-5-4-6-8-14/h4-8,13,15H,9-12H2,1-3H3/q+1. The van der Waals surface area contributed by atoms with Gasteiger partial charge in [-0.15, -0.1) is 0 Å². The fourth-order valence-corrected chi connectivity index (χ4v) is 2.63. The Bertz CT molecular complexity index is 334. The maximum absolute atomic E-state index is 6.01. The zero-order valence-corrected chi connectivity index (χ0v) is 11.2. The van der Waals surface area contributed by atoms with Gasteiger partial charge >= 0.3 is 0 Å². The molecule has 0 unspecified atom stereocenters. The van der Waals surface area contributed by atoms with Crippen molar-refractivity contribution in [3.05, 3.63) is 30.3 Å². The number of quaternary nitrogens is 1. The van der Waals surface area contributed by atoms with Crippen LogP contribution in [0.3, 0.4) is 0 Å². The largest absolute Gasteiger partial charge is 0.490 e. The maximum Gasteiger partial charge on any atom is 0.119 e. The van der Waals surface area contributed by atoms with Crippen molar-refractivity contribution in [1.29, 1.82) is 0 Å². The molecule has 0 aromatic heterocycles. The summed E-state index contributed by atoms with van der Waals surface area (Å²) < 4.78 is 7.09. The van der Waals surface area contributed by atoms with E-state index in [2.05, 4.69) is 21.1 Å². The molecule has 0 atom stereocenters. The molecule has 0 radical (unpaired) electrons. The fourth-order valence-electron chi connectivity index (χ4n) is 2.63. The molecule has 1 fully saturated rings. The second-order valence-electron chi connectivity index (χ2n) is 5.98. The topological polar surface area (TPSA) is 9.23 Å². The number of rotatable bonds is 3. The van der Waals surface area contributed by atoms with Crippen LogP contribution in [0, 0.1) is 0 Å². The summed E-state index contributed by atoms with van der Waals surface area (Å²) in [6.45, 7) is 0. The number of nitrogens with zero attached hydrogens (tertiary/aromatic N) is 1. The molecule has 1 aliphatic carbocycles. The van der Waals surface area contributed by atoms with E-state index in [1.807, 2.05) is 30.3 Å². The minimum atomic E-state index is 0.417. The normalized spacial score (nSPS) is 25.6. The van der Waals surface area contributed by atoms with E-state index in [1.54, 1.807) is 0 Å². The van der Waals surface area contributed by atoms with Crippen LogP contribution in [0.25, 0.3) is 0 Å². The molecule has 0 heterocycles. The maximum atomic E-state index is 6.01. The van der Waals surface area contributed by atoms with Gasteiger partial charge in [0.2, 0.25) is 0 Å². The average molecular weight is 234 g/mol. The van der Waals surface area contributed by atoms with E-state index in [0.29, 0.717) is 6.10 Å². The van der Waals surface area contributed by atoms with Gasteiger partial charge in [-0.25, -0.2) is 0 Å².